The summed E-state index contributed by atoms with van der Waals surface area (Å²) in [4.78, 5) is 11.7. The van der Waals surface area contributed by atoms with Crippen molar-refractivity contribution in [3.63, 3.8) is 0 Å². The molecule has 0 bridgehead atoms. The molecule has 5 heteroatoms. The van der Waals surface area contributed by atoms with Crippen molar-refractivity contribution in [2.75, 3.05) is 38.3 Å². The van der Waals surface area contributed by atoms with Gasteiger partial charge >= 0.3 is 0 Å². The molecule has 1 aromatic rings. The number of hydrogen-bond donors (Lipinski definition) is 1. The van der Waals surface area contributed by atoms with Gasteiger partial charge in [0.05, 0.1) is 18.4 Å². The first-order valence-corrected chi connectivity index (χ1v) is 6.72. The Balaban J connectivity index is 1.90. The molecule has 5 nitrogen and oxygen atoms in total. The van der Waals surface area contributed by atoms with E-state index in [0.29, 0.717) is 6.42 Å². The Hall–Kier alpha value is -1.59. The van der Waals surface area contributed by atoms with E-state index in [2.05, 4.69) is 17.4 Å². The number of nitrogens with zero attached hydrogens (tertiary/aromatic N) is 2. The van der Waals surface area contributed by atoms with Crippen LogP contribution < -0.4 is 10.3 Å². The number of hydrogen-bond acceptors (Lipinski definition) is 4. The molecular weight excluding hydrogens is 242 g/mol. The second-order valence-corrected chi connectivity index (χ2v) is 4.91. The van der Waals surface area contributed by atoms with Crippen molar-refractivity contribution >= 4 is 11.6 Å². The average Bonchev–Trinajstić information content (AvgIpc) is 2.80. The summed E-state index contributed by atoms with van der Waals surface area (Å²) in [5, 5.41) is 7.09. The number of ether oxygens (including phenoxy) is 1. The summed E-state index contributed by atoms with van der Waals surface area (Å²) in [7, 11) is 1.83. The van der Waals surface area contributed by atoms with Gasteiger partial charge in [-0.2, -0.15) is 0 Å². The van der Waals surface area contributed by atoms with Gasteiger partial charge in [-0.25, -0.2) is 0 Å². The Morgan fingerprint density at radius 3 is 2.89 bits per heavy atom. The van der Waals surface area contributed by atoms with E-state index < -0.39 is 0 Å². The van der Waals surface area contributed by atoms with E-state index in [0.717, 1.165) is 37.5 Å². The summed E-state index contributed by atoms with van der Waals surface area (Å²) in [5.74, 6) is 0.164. The SMILES string of the molecule is CN1C(=O)CCN1c1ccccc1C1CNCCO1. The third-order valence-electron chi connectivity index (χ3n) is 3.75. The average molecular weight is 261 g/mol. The zero-order valence-electron chi connectivity index (χ0n) is 11.1. The summed E-state index contributed by atoms with van der Waals surface area (Å²) in [5.41, 5.74) is 2.22. The van der Waals surface area contributed by atoms with Gasteiger partial charge in [-0.05, 0) is 6.07 Å². The first-order chi connectivity index (χ1) is 9.27. The lowest BCUT2D eigenvalue weighted by molar-refractivity contribution is -0.126. The molecule has 102 valence electrons. The molecule has 1 aromatic carbocycles. The van der Waals surface area contributed by atoms with E-state index in [1.165, 1.54) is 0 Å². The highest BCUT2D eigenvalue weighted by molar-refractivity contribution is 5.82. The number of morpholine rings is 1. The van der Waals surface area contributed by atoms with Crippen LogP contribution in [0.1, 0.15) is 18.1 Å². The minimum atomic E-state index is 0.0639. The molecule has 0 aliphatic carbocycles. The maximum Gasteiger partial charge on any atom is 0.242 e. The number of benzene rings is 1. The molecular formula is C14H19N3O2. The fourth-order valence-electron chi connectivity index (χ4n) is 2.69. The summed E-state index contributed by atoms with van der Waals surface area (Å²) in [6.07, 6.45) is 0.642. The molecule has 0 aromatic heterocycles. The molecule has 1 unspecified atom stereocenters. The van der Waals surface area contributed by atoms with Crippen LogP contribution in [-0.4, -0.2) is 44.2 Å². The van der Waals surface area contributed by atoms with E-state index >= 15 is 0 Å². The Labute approximate surface area is 113 Å². The Morgan fingerprint density at radius 1 is 1.37 bits per heavy atom. The van der Waals surface area contributed by atoms with Gasteiger partial charge in [0.1, 0.15) is 0 Å². The molecule has 2 aliphatic rings. The molecule has 2 saturated heterocycles. The number of carbonyl (C=O) groups is 1. The number of carbonyl (C=O) groups excluding carboxylic acids is 1. The van der Waals surface area contributed by atoms with Crippen molar-refractivity contribution in [3.05, 3.63) is 29.8 Å². The molecule has 0 radical (unpaired) electrons. The van der Waals surface area contributed by atoms with Crippen LogP contribution >= 0.6 is 0 Å². The zero-order chi connectivity index (χ0) is 13.2. The first kappa shape index (κ1) is 12.4. The fraction of sp³-hybridized carbons (Fsp3) is 0.500. The summed E-state index contributed by atoms with van der Waals surface area (Å²) in [6.45, 7) is 3.20. The second kappa shape index (κ2) is 5.19. The van der Waals surface area contributed by atoms with Gasteiger partial charge in [0.15, 0.2) is 0 Å². The van der Waals surface area contributed by atoms with Crippen molar-refractivity contribution in [2.45, 2.75) is 12.5 Å². The zero-order valence-corrected chi connectivity index (χ0v) is 11.1. The number of rotatable bonds is 2. The predicted octanol–water partition coefficient (Wildman–Crippen LogP) is 0.931. The largest absolute Gasteiger partial charge is 0.371 e. The van der Waals surface area contributed by atoms with Crippen LogP contribution in [0.5, 0.6) is 0 Å². The van der Waals surface area contributed by atoms with Crippen molar-refractivity contribution in [2.24, 2.45) is 0 Å². The van der Waals surface area contributed by atoms with Gasteiger partial charge in [0, 0.05) is 38.7 Å². The molecule has 2 aliphatic heterocycles. The van der Waals surface area contributed by atoms with Crippen molar-refractivity contribution in [1.29, 1.82) is 0 Å². The Kier molecular flexibility index (Phi) is 3.40. The van der Waals surface area contributed by atoms with Gasteiger partial charge in [-0.15, -0.1) is 0 Å². The van der Waals surface area contributed by atoms with Crippen molar-refractivity contribution in [1.82, 2.24) is 10.3 Å². The minimum Gasteiger partial charge on any atom is -0.371 e. The third-order valence-corrected chi connectivity index (χ3v) is 3.75. The van der Waals surface area contributed by atoms with Gasteiger partial charge in [0.25, 0.3) is 0 Å². The maximum absolute atomic E-state index is 11.7. The summed E-state index contributed by atoms with van der Waals surface area (Å²) >= 11 is 0. The van der Waals surface area contributed by atoms with E-state index in [-0.39, 0.29) is 12.0 Å². The topological polar surface area (TPSA) is 44.8 Å². The van der Waals surface area contributed by atoms with E-state index in [1.54, 1.807) is 5.01 Å². The molecule has 19 heavy (non-hydrogen) atoms. The van der Waals surface area contributed by atoms with Crippen LogP contribution in [0, 0.1) is 0 Å². The number of anilines is 1. The minimum absolute atomic E-state index is 0.0639. The highest BCUT2D eigenvalue weighted by Crippen LogP contribution is 2.31. The lowest BCUT2D eigenvalue weighted by Crippen LogP contribution is -2.38. The Morgan fingerprint density at radius 2 is 2.21 bits per heavy atom. The van der Waals surface area contributed by atoms with Crippen LogP contribution in [0.4, 0.5) is 5.69 Å². The van der Waals surface area contributed by atoms with Crippen LogP contribution in [0.2, 0.25) is 0 Å². The van der Waals surface area contributed by atoms with E-state index in [9.17, 15) is 4.79 Å². The highest BCUT2D eigenvalue weighted by Gasteiger charge is 2.29. The quantitative estimate of drug-likeness (QED) is 0.860. The smallest absolute Gasteiger partial charge is 0.242 e. The van der Waals surface area contributed by atoms with E-state index in [1.807, 2.05) is 24.2 Å². The lowest BCUT2D eigenvalue weighted by Gasteiger charge is -2.32. The molecule has 2 fully saturated rings. The lowest BCUT2D eigenvalue weighted by atomic mass is 10.1. The molecule has 2 heterocycles. The molecule has 3 rings (SSSR count). The second-order valence-electron chi connectivity index (χ2n) is 4.91. The fourth-order valence-corrected chi connectivity index (χ4v) is 2.69. The molecule has 1 amide bonds. The normalized spacial score (nSPS) is 24.1. The van der Waals surface area contributed by atoms with Crippen molar-refractivity contribution in [3.8, 4) is 0 Å². The maximum atomic E-state index is 11.7. The number of nitrogens with one attached hydrogen (secondary N) is 1. The third kappa shape index (κ3) is 2.31. The van der Waals surface area contributed by atoms with Gasteiger partial charge in [-0.3, -0.25) is 14.8 Å². The highest BCUT2D eigenvalue weighted by atomic mass is 16.5. The Bertz CT molecular complexity index is 472. The van der Waals surface area contributed by atoms with Crippen LogP contribution in [0.3, 0.4) is 0 Å². The van der Waals surface area contributed by atoms with Crippen molar-refractivity contribution < 1.29 is 9.53 Å². The van der Waals surface area contributed by atoms with Gasteiger partial charge in [-0.1, -0.05) is 18.2 Å². The summed E-state index contributed by atoms with van der Waals surface area (Å²) < 4.78 is 5.83. The summed E-state index contributed by atoms with van der Waals surface area (Å²) in [6, 6.07) is 8.17. The number of hydrazine groups is 1. The number of para-hydroxylation sites is 1. The standard InChI is InChI=1S/C14H19N3O2/c1-16-14(18)6-8-17(16)12-5-3-2-4-11(12)13-10-15-7-9-19-13/h2-5,13,15H,6-10H2,1H3. The molecule has 1 N–H and O–H groups in total. The van der Waals surface area contributed by atoms with Gasteiger partial charge in [0.2, 0.25) is 5.91 Å². The van der Waals surface area contributed by atoms with Crippen LogP contribution in [-0.2, 0) is 9.53 Å². The monoisotopic (exact) mass is 261 g/mol. The molecule has 0 spiro atoms. The number of amides is 1. The van der Waals surface area contributed by atoms with Crippen LogP contribution in [0.15, 0.2) is 24.3 Å². The van der Waals surface area contributed by atoms with E-state index in [4.69, 9.17) is 4.74 Å². The van der Waals surface area contributed by atoms with Gasteiger partial charge < -0.3 is 10.1 Å². The molecule has 0 saturated carbocycles. The predicted molar refractivity (Wildman–Crippen MR) is 72.7 cm³/mol. The molecule has 1 atom stereocenters. The first-order valence-electron chi connectivity index (χ1n) is 6.72. The van der Waals surface area contributed by atoms with Crippen LogP contribution in [0.25, 0.3) is 0 Å².